The summed E-state index contributed by atoms with van der Waals surface area (Å²) in [5.41, 5.74) is 8.80. The minimum absolute atomic E-state index is 0.359. The molecule has 0 aliphatic carbocycles. The molecule has 2 aromatic heterocycles. The maximum Gasteiger partial charge on any atom is 0.323 e. The van der Waals surface area contributed by atoms with Gasteiger partial charge in [-0.05, 0) is 41.9 Å². The normalized spacial score (nSPS) is 10.7. The Labute approximate surface area is 163 Å². The first-order valence-electron chi connectivity index (χ1n) is 7.90. The lowest BCUT2D eigenvalue weighted by atomic mass is 10.1. The van der Waals surface area contributed by atoms with Gasteiger partial charge in [0, 0.05) is 22.0 Å². The van der Waals surface area contributed by atoms with Crippen LogP contribution in [-0.2, 0) is 0 Å². The molecule has 4 N–H and O–H groups in total. The van der Waals surface area contributed by atoms with E-state index >= 15 is 0 Å². The van der Waals surface area contributed by atoms with Gasteiger partial charge in [-0.3, -0.25) is 0 Å². The molecule has 0 unspecified atom stereocenters. The van der Waals surface area contributed by atoms with Crippen molar-refractivity contribution >= 4 is 56.6 Å². The van der Waals surface area contributed by atoms with Gasteiger partial charge < -0.3 is 16.4 Å². The molecule has 0 radical (unpaired) electrons. The molecule has 134 valence electrons. The van der Waals surface area contributed by atoms with Gasteiger partial charge in [-0.2, -0.15) is 4.37 Å². The molecular weight excluding hydrogens is 384 g/mol. The van der Waals surface area contributed by atoms with Crippen LogP contribution in [0.4, 0.5) is 22.0 Å². The van der Waals surface area contributed by atoms with E-state index in [4.69, 9.17) is 17.3 Å². The highest BCUT2D eigenvalue weighted by Crippen LogP contribution is 2.32. The van der Waals surface area contributed by atoms with E-state index in [-0.39, 0.29) is 6.03 Å². The summed E-state index contributed by atoms with van der Waals surface area (Å²) >= 11 is 7.18. The van der Waals surface area contributed by atoms with Gasteiger partial charge in [0.1, 0.15) is 17.0 Å². The molecule has 2 amide bonds. The van der Waals surface area contributed by atoms with Crippen molar-refractivity contribution in [2.24, 2.45) is 0 Å². The first-order valence-corrected chi connectivity index (χ1v) is 9.05. The largest absolute Gasteiger partial charge is 0.383 e. The molecule has 0 aliphatic rings. The third-order valence-electron chi connectivity index (χ3n) is 3.80. The zero-order valence-corrected chi connectivity index (χ0v) is 15.4. The van der Waals surface area contributed by atoms with Crippen molar-refractivity contribution in [1.29, 1.82) is 0 Å². The molecule has 9 heteroatoms. The van der Waals surface area contributed by atoms with Crippen molar-refractivity contribution in [3.63, 3.8) is 0 Å². The van der Waals surface area contributed by atoms with Gasteiger partial charge >= 0.3 is 6.03 Å². The first-order chi connectivity index (χ1) is 13.1. The van der Waals surface area contributed by atoms with Crippen molar-refractivity contribution < 1.29 is 4.79 Å². The second-order valence-corrected chi connectivity index (χ2v) is 6.83. The van der Waals surface area contributed by atoms with Gasteiger partial charge in [-0.25, -0.2) is 14.8 Å². The third-order valence-corrected chi connectivity index (χ3v) is 4.79. The summed E-state index contributed by atoms with van der Waals surface area (Å²) in [6, 6.07) is 13.9. The second-order valence-electron chi connectivity index (χ2n) is 5.64. The summed E-state index contributed by atoms with van der Waals surface area (Å²) in [5, 5.41) is 6.79. The van der Waals surface area contributed by atoms with E-state index in [0.29, 0.717) is 22.2 Å². The van der Waals surface area contributed by atoms with Crippen LogP contribution in [0.3, 0.4) is 0 Å². The molecule has 0 saturated heterocycles. The van der Waals surface area contributed by atoms with Crippen molar-refractivity contribution in [1.82, 2.24) is 14.3 Å². The number of nitrogens with zero attached hydrogens (tertiary/aromatic N) is 3. The van der Waals surface area contributed by atoms with Crippen molar-refractivity contribution in [2.45, 2.75) is 0 Å². The highest BCUT2D eigenvalue weighted by atomic mass is 35.5. The summed E-state index contributed by atoms with van der Waals surface area (Å²) in [5.74, 6) is 0.395. The molecule has 0 atom stereocenters. The molecular formula is C18H13ClN6OS. The summed E-state index contributed by atoms with van der Waals surface area (Å²) in [4.78, 5) is 21.1. The van der Waals surface area contributed by atoms with Crippen LogP contribution < -0.4 is 16.4 Å². The number of rotatable bonds is 3. The summed E-state index contributed by atoms with van der Waals surface area (Å²) in [6.45, 7) is 0. The molecule has 0 fully saturated rings. The Kier molecular flexibility index (Phi) is 4.57. The molecule has 4 rings (SSSR count). The van der Waals surface area contributed by atoms with Crippen LogP contribution in [0, 0.1) is 0 Å². The highest BCUT2D eigenvalue weighted by molar-refractivity contribution is 7.13. The number of nitrogens with two attached hydrogens (primary N) is 1. The summed E-state index contributed by atoms with van der Waals surface area (Å²) in [7, 11) is 0. The Bertz CT molecular complexity index is 1130. The monoisotopic (exact) mass is 396 g/mol. The summed E-state index contributed by atoms with van der Waals surface area (Å²) in [6.07, 6.45) is 1.42. The molecule has 0 bridgehead atoms. The van der Waals surface area contributed by atoms with Crippen molar-refractivity contribution in [3.05, 3.63) is 59.9 Å². The number of aromatic nitrogens is 3. The van der Waals surface area contributed by atoms with Crippen LogP contribution >= 0.6 is 23.1 Å². The third kappa shape index (κ3) is 3.67. The standard InChI is InChI=1S/C18H13ClN6OS/c19-11-2-1-3-13(8-11)24-18(26)23-12-6-4-10(5-7-12)15-14-16(20)21-9-22-17(14)27-25-15/h1-9H,(H2,20,21,22)(H2,23,24,26). The Balaban J connectivity index is 1.51. The SMILES string of the molecule is Nc1ncnc2snc(-c3ccc(NC(=O)Nc4cccc(Cl)c4)cc3)c12. The molecule has 27 heavy (non-hydrogen) atoms. The number of hydrogen-bond donors (Lipinski definition) is 3. The number of carbonyl (C=O) groups excluding carboxylic acids is 1. The Morgan fingerprint density at radius 2 is 1.81 bits per heavy atom. The van der Waals surface area contributed by atoms with Gasteiger partial charge in [-0.1, -0.05) is 29.8 Å². The van der Waals surface area contributed by atoms with Crippen LogP contribution in [0.1, 0.15) is 0 Å². The lowest BCUT2D eigenvalue weighted by Gasteiger charge is -2.08. The van der Waals surface area contributed by atoms with Gasteiger partial charge in [0.05, 0.1) is 11.1 Å². The first kappa shape index (κ1) is 17.2. The van der Waals surface area contributed by atoms with Gasteiger partial charge in [-0.15, -0.1) is 0 Å². The van der Waals surface area contributed by atoms with Gasteiger partial charge in [0.25, 0.3) is 0 Å². The van der Waals surface area contributed by atoms with Crippen molar-refractivity contribution in [3.8, 4) is 11.3 Å². The number of fused-ring (bicyclic) bond motifs is 1. The van der Waals surface area contributed by atoms with Crippen LogP contribution in [-0.4, -0.2) is 20.4 Å². The van der Waals surface area contributed by atoms with Crippen molar-refractivity contribution in [2.75, 3.05) is 16.4 Å². The number of hydrogen-bond acceptors (Lipinski definition) is 6. The average Bonchev–Trinajstić information content (AvgIpc) is 3.08. The lowest BCUT2D eigenvalue weighted by Crippen LogP contribution is -2.19. The minimum atomic E-state index is -0.359. The molecule has 0 spiro atoms. The summed E-state index contributed by atoms with van der Waals surface area (Å²) < 4.78 is 4.43. The number of benzene rings is 2. The van der Waals surface area contributed by atoms with E-state index in [1.165, 1.54) is 17.9 Å². The molecule has 0 saturated carbocycles. The van der Waals surface area contributed by atoms with E-state index in [1.807, 2.05) is 12.1 Å². The number of nitrogens with one attached hydrogen (secondary N) is 2. The maximum absolute atomic E-state index is 12.1. The number of nitrogen functional groups attached to an aromatic ring is 1. The van der Waals surface area contributed by atoms with Crippen LogP contribution in [0.5, 0.6) is 0 Å². The Hall–Kier alpha value is -3.23. The smallest absolute Gasteiger partial charge is 0.323 e. The molecule has 4 aromatic rings. The second kappa shape index (κ2) is 7.18. The molecule has 2 aromatic carbocycles. The fourth-order valence-electron chi connectivity index (χ4n) is 2.58. The van der Waals surface area contributed by atoms with Crippen LogP contribution in [0.2, 0.25) is 5.02 Å². The predicted octanol–water partition coefficient (Wildman–Crippen LogP) is 4.63. The quantitative estimate of drug-likeness (QED) is 0.468. The van der Waals surface area contributed by atoms with E-state index in [2.05, 4.69) is 25.0 Å². The van der Waals surface area contributed by atoms with Gasteiger partial charge in [0.2, 0.25) is 0 Å². The average molecular weight is 397 g/mol. The lowest BCUT2D eigenvalue weighted by molar-refractivity contribution is 0.262. The zero-order chi connectivity index (χ0) is 18.8. The predicted molar refractivity (Wildman–Crippen MR) is 109 cm³/mol. The molecule has 7 nitrogen and oxygen atoms in total. The Morgan fingerprint density at radius 1 is 1.04 bits per heavy atom. The van der Waals surface area contributed by atoms with Crippen LogP contribution in [0.25, 0.3) is 21.5 Å². The minimum Gasteiger partial charge on any atom is -0.383 e. The topological polar surface area (TPSA) is 106 Å². The van der Waals surface area contributed by atoms with Gasteiger partial charge in [0.15, 0.2) is 0 Å². The molecule has 2 heterocycles. The number of amides is 2. The number of carbonyl (C=O) groups is 1. The van der Waals surface area contributed by atoms with Crippen LogP contribution in [0.15, 0.2) is 54.9 Å². The molecule has 0 aliphatic heterocycles. The number of urea groups is 1. The van der Waals surface area contributed by atoms with E-state index in [1.54, 1.807) is 36.4 Å². The number of halogens is 1. The van der Waals surface area contributed by atoms with E-state index in [0.717, 1.165) is 21.5 Å². The zero-order valence-electron chi connectivity index (χ0n) is 13.8. The van der Waals surface area contributed by atoms with E-state index < -0.39 is 0 Å². The Morgan fingerprint density at radius 3 is 2.59 bits per heavy atom. The highest BCUT2D eigenvalue weighted by Gasteiger charge is 2.13. The maximum atomic E-state index is 12.1. The number of anilines is 3. The fourth-order valence-corrected chi connectivity index (χ4v) is 3.53. The fraction of sp³-hybridized carbons (Fsp3) is 0. The van der Waals surface area contributed by atoms with E-state index in [9.17, 15) is 4.79 Å².